The topological polar surface area (TPSA) is 84.2 Å². The summed E-state index contributed by atoms with van der Waals surface area (Å²) in [6.07, 6.45) is -0.746. The van der Waals surface area contributed by atoms with Crippen LogP contribution in [0.5, 0.6) is 5.75 Å². The number of nitrogens with zero attached hydrogens (tertiary/aromatic N) is 3. The first-order chi connectivity index (χ1) is 17.5. The maximum absolute atomic E-state index is 14.5. The number of amidine groups is 1. The van der Waals surface area contributed by atoms with Crippen LogP contribution in [-0.4, -0.2) is 44.1 Å². The average Bonchev–Trinajstić information content (AvgIpc) is 3.00. The zero-order valence-electron chi connectivity index (χ0n) is 20.6. The van der Waals surface area contributed by atoms with Gasteiger partial charge in [-0.25, -0.2) is 0 Å². The Labute approximate surface area is 223 Å². The van der Waals surface area contributed by atoms with Crippen molar-refractivity contribution in [2.75, 3.05) is 31.8 Å². The van der Waals surface area contributed by atoms with Gasteiger partial charge < -0.3 is 14.2 Å². The number of nitriles is 1. The van der Waals surface area contributed by atoms with Crippen LogP contribution in [0.3, 0.4) is 0 Å². The summed E-state index contributed by atoms with van der Waals surface area (Å²) < 4.78 is 44.8. The van der Waals surface area contributed by atoms with Gasteiger partial charge in [-0.15, -0.1) is 0 Å². The van der Waals surface area contributed by atoms with Gasteiger partial charge in [0, 0.05) is 18.1 Å². The molecule has 2 aromatic rings. The monoisotopic (exact) mass is 551 g/mol. The van der Waals surface area contributed by atoms with Crippen molar-refractivity contribution in [1.82, 2.24) is 0 Å². The highest BCUT2D eigenvalue weighted by Crippen LogP contribution is 2.46. The Hall–Kier alpha value is -3.19. The zero-order chi connectivity index (χ0) is 27.3. The number of anilines is 1. The van der Waals surface area contributed by atoms with E-state index in [1.54, 1.807) is 50.2 Å². The predicted molar refractivity (Wildman–Crippen MR) is 138 cm³/mol. The lowest BCUT2D eigenvalue weighted by molar-refractivity contribution is -0.140. The summed E-state index contributed by atoms with van der Waals surface area (Å²) >= 11 is 12.1. The Morgan fingerprint density at radius 2 is 2.05 bits per heavy atom. The predicted octanol–water partition coefficient (Wildman–Crippen LogP) is 6.23. The molecule has 0 N–H and O–H groups in total. The van der Waals surface area contributed by atoms with Crippen molar-refractivity contribution in [2.45, 2.75) is 32.3 Å². The summed E-state index contributed by atoms with van der Waals surface area (Å²) in [5.41, 5.74) is 1.81. The smallest absolute Gasteiger partial charge is 0.363 e. The Balaban J connectivity index is 0.000000568. The number of hydrogen-bond acceptors (Lipinski definition) is 7. The minimum Gasteiger partial charge on any atom is -0.495 e. The van der Waals surface area contributed by atoms with Crippen LogP contribution >= 0.6 is 23.2 Å². The molecular formula is C26H25Cl2F2N3O4. The lowest BCUT2D eigenvalue weighted by Gasteiger charge is -2.34. The molecule has 2 aliphatic rings. The van der Waals surface area contributed by atoms with E-state index in [0.29, 0.717) is 51.2 Å². The summed E-state index contributed by atoms with van der Waals surface area (Å²) in [7, 11) is 1.50. The van der Waals surface area contributed by atoms with Gasteiger partial charge in [-0.2, -0.15) is 14.0 Å². The molecule has 0 unspecified atom stereocenters. The number of carbonyl (C=O) groups excluding carboxylic acids is 1. The van der Waals surface area contributed by atoms with E-state index < -0.39 is 11.5 Å². The van der Waals surface area contributed by atoms with E-state index >= 15 is 0 Å². The molecule has 0 amide bonds. The Morgan fingerprint density at radius 3 is 2.62 bits per heavy atom. The van der Waals surface area contributed by atoms with Gasteiger partial charge in [-0.3, -0.25) is 14.7 Å². The van der Waals surface area contributed by atoms with Crippen molar-refractivity contribution in [2.24, 2.45) is 4.99 Å². The number of fused-ring (bicyclic) bond motifs is 3. The van der Waals surface area contributed by atoms with E-state index in [9.17, 15) is 18.8 Å². The molecule has 0 aromatic heterocycles. The maximum Gasteiger partial charge on any atom is 0.363 e. The number of carbonyl (C=O) groups is 1. The number of benzene rings is 2. The summed E-state index contributed by atoms with van der Waals surface area (Å²) in [5.74, 6) is 0.537. The molecule has 0 radical (unpaired) electrons. The number of allylic oxidation sites excluding steroid dienone is 1. The van der Waals surface area contributed by atoms with Gasteiger partial charge >= 0.3 is 11.4 Å². The lowest BCUT2D eigenvalue weighted by atomic mass is 9.96. The number of alkyl halides is 3. The SMILES string of the molecule is CCOC(C)=O.COc1cccc([C@H]2OCC3=NCC(C)=C(C(F)(F)Cl)N3c3ccc(C#N)cc32)c1Cl. The highest BCUT2D eigenvalue weighted by atomic mass is 35.5. The van der Waals surface area contributed by atoms with Crippen LogP contribution in [-0.2, 0) is 14.3 Å². The van der Waals surface area contributed by atoms with Gasteiger partial charge in [0.05, 0.1) is 42.6 Å². The van der Waals surface area contributed by atoms with Crippen molar-refractivity contribution >= 4 is 40.7 Å². The van der Waals surface area contributed by atoms with E-state index in [-0.39, 0.29) is 24.8 Å². The third-order valence-electron chi connectivity index (χ3n) is 5.56. The molecule has 2 aliphatic heterocycles. The van der Waals surface area contributed by atoms with Crippen LogP contribution < -0.4 is 9.64 Å². The Morgan fingerprint density at radius 1 is 1.32 bits per heavy atom. The first-order valence-electron chi connectivity index (χ1n) is 11.2. The van der Waals surface area contributed by atoms with Gasteiger partial charge in [0.15, 0.2) is 0 Å². The number of rotatable bonds is 4. The Bertz CT molecular complexity index is 1290. The average molecular weight is 552 g/mol. The number of hydrogen-bond donors (Lipinski definition) is 0. The molecule has 7 nitrogen and oxygen atoms in total. The number of aliphatic imine (C=N–C) groups is 1. The van der Waals surface area contributed by atoms with Crippen molar-refractivity contribution < 1.29 is 27.8 Å². The fourth-order valence-corrected chi connectivity index (χ4v) is 4.60. The van der Waals surface area contributed by atoms with Crippen LogP contribution in [0.2, 0.25) is 5.02 Å². The van der Waals surface area contributed by atoms with Crippen molar-refractivity contribution in [3.63, 3.8) is 0 Å². The summed E-state index contributed by atoms with van der Waals surface area (Å²) in [4.78, 5) is 15.6. The number of halogens is 4. The van der Waals surface area contributed by atoms with Crippen LogP contribution in [0.25, 0.3) is 0 Å². The fourth-order valence-electron chi connectivity index (χ4n) is 4.05. The highest BCUT2D eigenvalue weighted by Gasteiger charge is 2.43. The number of ether oxygens (including phenoxy) is 3. The molecule has 0 fully saturated rings. The molecule has 2 aromatic carbocycles. The van der Waals surface area contributed by atoms with Crippen LogP contribution in [0.4, 0.5) is 14.5 Å². The zero-order valence-corrected chi connectivity index (χ0v) is 22.2. The first-order valence-corrected chi connectivity index (χ1v) is 12.0. The lowest BCUT2D eigenvalue weighted by Crippen LogP contribution is -2.41. The molecule has 196 valence electrons. The van der Waals surface area contributed by atoms with E-state index in [1.807, 2.05) is 0 Å². The van der Waals surface area contributed by atoms with Gasteiger partial charge in [0.1, 0.15) is 30.0 Å². The second-order valence-electron chi connectivity index (χ2n) is 8.06. The van der Waals surface area contributed by atoms with Gasteiger partial charge in [0.25, 0.3) is 0 Å². The largest absolute Gasteiger partial charge is 0.495 e. The fraction of sp³-hybridized carbons (Fsp3) is 0.346. The molecule has 1 atom stereocenters. The van der Waals surface area contributed by atoms with Gasteiger partial charge in [0.2, 0.25) is 0 Å². The van der Waals surface area contributed by atoms with E-state index in [0.717, 1.165) is 0 Å². The van der Waals surface area contributed by atoms with Gasteiger partial charge in [-0.05, 0) is 55.3 Å². The third kappa shape index (κ3) is 6.21. The number of esters is 1. The molecule has 0 bridgehead atoms. The minimum atomic E-state index is -3.62. The van der Waals surface area contributed by atoms with Crippen molar-refractivity contribution in [1.29, 1.82) is 5.26 Å². The third-order valence-corrected chi connectivity index (χ3v) is 6.14. The normalized spacial score (nSPS) is 16.8. The maximum atomic E-state index is 14.5. The van der Waals surface area contributed by atoms with Crippen molar-refractivity contribution in [3.05, 3.63) is 69.4 Å². The first kappa shape index (κ1) is 28.4. The standard InChI is InChI=1S/C22H17Cl2F2N3O2.C4H8O2/c1-12-10-28-18-11-31-20(14-4-3-5-17(30-2)19(14)23)15-8-13(9-27)6-7-16(15)29(18)21(12)22(24,25)26;1-3-6-4(2)5/h3-8,20H,10-11H2,1-2H3;3H2,1-2H3/t20-;/m1./s1. The van der Waals surface area contributed by atoms with Gasteiger partial charge in [-0.1, -0.05) is 23.7 Å². The molecule has 0 spiro atoms. The number of methoxy groups -OCH3 is 1. The van der Waals surface area contributed by atoms with E-state index in [1.165, 1.54) is 18.9 Å². The molecule has 0 saturated heterocycles. The second kappa shape index (κ2) is 11.9. The highest BCUT2D eigenvalue weighted by molar-refractivity contribution is 6.33. The summed E-state index contributed by atoms with van der Waals surface area (Å²) in [5, 5.41) is 6.15. The minimum absolute atomic E-state index is 0.0570. The summed E-state index contributed by atoms with van der Waals surface area (Å²) in [6, 6.07) is 12.1. The quantitative estimate of drug-likeness (QED) is 0.330. The second-order valence-corrected chi connectivity index (χ2v) is 8.91. The van der Waals surface area contributed by atoms with E-state index in [2.05, 4.69) is 15.8 Å². The van der Waals surface area contributed by atoms with Crippen molar-refractivity contribution in [3.8, 4) is 11.8 Å². The molecule has 0 aliphatic carbocycles. The van der Waals surface area contributed by atoms with Crippen LogP contribution in [0.15, 0.2) is 52.7 Å². The van der Waals surface area contributed by atoms with E-state index in [4.69, 9.17) is 32.7 Å². The molecular weight excluding hydrogens is 527 g/mol. The Kier molecular flexibility index (Phi) is 9.13. The molecule has 2 heterocycles. The molecule has 0 saturated carbocycles. The molecule has 37 heavy (non-hydrogen) atoms. The molecule has 4 rings (SSSR count). The van der Waals surface area contributed by atoms with Crippen LogP contribution in [0, 0.1) is 11.3 Å². The summed E-state index contributed by atoms with van der Waals surface area (Å²) in [6.45, 7) is 5.25. The molecule has 11 heteroatoms. The van der Waals surface area contributed by atoms with Crippen LogP contribution in [0.1, 0.15) is 43.6 Å².